The number of hydrogen-bond acceptors (Lipinski definition) is 4. The summed E-state index contributed by atoms with van der Waals surface area (Å²) in [5.41, 5.74) is 3.29. The number of nitrogens with one attached hydrogen (secondary N) is 2. The third-order valence-corrected chi connectivity index (χ3v) is 7.47. The van der Waals surface area contributed by atoms with Gasteiger partial charge in [-0.1, -0.05) is 67.8 Å². The first-order chi connectivity index (χ1) is 16.5. The van der Waals surface area contributed by atoms with Gasteiger partial charge in [0, 0.05) is 5.92 Å². The molecule has 7 nitrogen and oxygen atoms in total. The number of carboxylic acids is 1. The van der Waals surface area contributed by atoms with Crippen LogP contribution in [-0.4, -0.2) is 41.3 Å². The zero-order valence-electron chi connectivity index (χ0n) is 19.1. The fraction of sp³-hybridized carbons (Fsp3) is 0.444. The highest BCUT2D eigenvalue weighted by Crippen LogP contribution is 2.44. The van der Waals surface area contributed by atoms with Crippen LogP contribution in [-0.2, 0) is 14.3 Å². The Morgan fingerprint density at radius 2 is 1.53 bits per heavy atom. The lowest BCUT2D eigenvalue weighted by molar-refractivity contribution is -0.149. The third kappa shape index (κ3) is 4.27. The van der Waals surface area contributed by atoms with E-state index < -0.39 is 29.6 Å². The number of hydrogen-bond donors (Lipinski definition) is 3. The summed E-state index contributed by atoms with van der Waals surface area (Å²) in [6, 6.07) is 15.4. The molecule has 34 heavy (non-hydrogen) atoms. The van der Waals surface area contributed by atoms with Crippen LogP contribution >= 0.6 is 0 Å². The Morgan fingerprint density at radius 3 is 2.09 bits per heavy atom. The average Bonchev–Trinajstić information content (AvgIpc) is 3.64. The number of alkyl carbamates (subject to hydrolysis) is 1. The average molecular weight is 463 g/mol. The molecule has 0 radical (unpaired) electrons. The molecule has 5 rings (SSSR count). The predicted octanol–water partition coefficient (Wildman–Crippen LogP) is 4.21. The predicted molar refractivity (Wildman–Crippen MR) is 126 cm³/mol. The first kappa shape index (κ1) is 22.4. The molecule has 7 heteroatoms. The van der Waals surface area contributed by atoms with Gasteiger partial charge in [0.05, 0.1) is 0 Å². The van der Waals surface area contributed by atoms with Gasteiger partial charge in [0.1, 0.15) is 18.2 Å². The largest absolute Gasteiger partial charge is 0.480 e. The molecule has 3 aliphatic carbocycles. The van der Waals surface area contributed by atoms with E-state index in [0.717, 1.165) is 54.4 Å². The minimum Gasteiger partial charge on any atom is -0.480 e. The molecular weight excluding hydrogens is 432 g/mol. The maximum absolute atomic E-state index is 13.1. The second-order valence-corrected chi connectivity index (χ2v) is 9.72. The maximum atomic E-state index is 13.1. The summed E-state index contributed by atoms with van der Waals surface area (Å²) in [5, 5.41) is 15.3. The number of ether oxygens (including phenoxy) is 1. The first-order valence-electron chi connectivity index (χ1n) is 12.2. The van der Waals surface area contributed by atoms with Gasteiger partial charge in [0.2, 0.25) is 5.91 Å². The number of amides is 2. The summed E-state index contributed by atoms with van der Waals surface area (Å²) >= 11 is 0. The van der Waals surface area contributed by atoms with Crippen molar-refractivity contribution in [2.24, 2.45) is 5.92 Å². The Balaban J connectivity index is 1.25. The van der Waals surface area contributed by atoms with Crippen LogP contribution in [0.5, 0.6) is 0 Å². The van der Waals surface area contributed by atoms with Crippen molar-refractivity contribution >= 4 is 18.0 Å². The van der Waals surface area contributed by atoms with Gasteiger partial charge >= 0.3 is 12.1 Å². The van der Waals surface area contributed by atoms with E-state index in [9.17, 15) is 19.5 Å². The van der Waals surface area contributed by atoms with Crippen molar-refractivity contribution in [1.82, 2.24) is 10.6 Å². The topological polar surface area (TPSA) is 105 Å². The van der Waals surface area contributed by atoms with Gasteiger partial charge in [-0.15, -0.1) is 0 Å². The minimum absolute atomic E-state index is 0.00918. The number of carbonyl (C=O) groups excluding carboxylic acids is 2. The zero-order chi connectivity index (χ0) is 23.7. The van der Waals surface area contributed by atoms with Gasteiger partial charge in [-0.3, -0.25) is 4.79 Å². The molecule has 0 saturated heterocycles. The van der Waals surface area contributed by atoms with Crippen LogP contribution in [0.25, 0.3) is 11.1 Å². The molecule has 2 amide bonds. The van der Waals surface area contributed by atoms with E-state index in [2.05, 4.69) is 34.9 Å². The molecule has 0 heterocycles. The standard InChI is InChI=1S/C27H30N2O5/c30-24(29-27(25(31)32)14-6-1-7-15-27)23(17-12-13-17)28-26(33)34-16-22-20-10-4-2-8-18(20)19-9-3-5-11-21(19)22/h2-5,8-11,17,22-23H,1,6-7,12-16H2,(H,28,33)(H,29,30)(H,31,32). The minimum atomic E-state index is -1.24. The fourth-order valence-corrected chi connectivity index (χ4v) is 5.46. The van der Waals surface area contributed by atoms with Gasteiger partial charge in [0.25, 0.3) is 0 Å². The van der Waals surface area contributed by atoms with Crippen molar-refractivity contribution in [2.45, 2.75) is 62.4 Å². The van der Waals surface area contributed by atoms with Gasteiger partial charge in [0.15, 0.2) is 0 Å². The molecule has 2 aromatic rings. The van der Waals surface area contributed by atoms with Crippen molar-refractivity contribution in [1.29, 1.82) is 0 Å². The number of benzene rings is 2. The van der Waals surface area contributed by atoms with Gasteiger partial charge in [-0.25, -0.2) is 9.59 Å². The summed E-state index contributed by atoms with van der Waals surface area (Å²) in [6.07, 6.45) is 4.31. The molecule has 0 aliphatic heterocycles. The second kappa shape index (κ2) is 9.12. The Bertz CT molecular complexity index is 1060. The Morgan fingerprint density at radius 1 is 0.941 bits per heavy atom. The highest BCUT2D eigenvalue weighted by atomic mass is 16.5. The van der Waals surface area contributed by atoms with Crippen LogP contribution in [0.4, 0.5) is 4.79 Å². The number of carboxylic acid groups (broad SMARTS) is 1. The number of carbonyl (C=O) groups is 3. The van der Waals surface area contributed by atoms with Crippen LogP contribution in [0.1, 0.15) is 62.0 Å². The van der Waals surface area contributed by atoms with E-state index in [1.807, 2.05) is 24.3 Å². The van der Waals surface area contributed by atoms with Gasteiger partial charge < -0.3 is 20.5 Å². The van der Waals surface area contributed by atoms with Crippen molar-refractivity contribution < 1.29 is 24.2 Å². The molecule has 2 fully saturated rings. The molecule has 2 saturated carbocycles. The summed E-state index contributed by atoms with van der Waals surface area (Å²) in [5.74, 6) is -1.49. The van der Waals surface area contributed by atoms with E-state index in [1.165, 1.54) is 0 Å². The molecule has 1 atom stereocenters. The quantitative estimate of drug-likeness (QED) is 0.572. The van der Waals surface area contributed by atoms with E-state index in [4.69, 9.17) is 4.74 Å². The molecule has 3 aliphatic rings. The highest BCUT2D eigenvalue weighted by molar-refractivity contribution is 5.92. The Hall–Kier alpha value is -3.35. The molecule has 1 unspecified atom stereocenters. The van der Waals surface area contributed by atoms with Crippen LogP contribution in [0.3, 0.4) is 0 Å². The number of fused-ring (bicyclic) bond motifs is 3. The molecule has 3 N–H and O–H groups in total. The molecule has 0 aromatic heterocycles. The summed E-state index contributed by atoms with van der Waals surface area (Å²) < 4.78 is 5.61. The van der Waals surface area contributed by atoms with Crippen molar-refractivity contribution in [3.63, 3.8) is 0 Å². The molecule has 2 aromatic carbocycles. The lowest BCUT2D eigenvalue weighted by atomic mass is 9.81. The highest BCUT2D eigenvalue weighted by Gasteiger charge is 2.45. The van der Waals surface area contributed by atoms with Crippen LogP contribution in [0.2, 0.25) is 0 Å². The van der Waals surface area contributed by atoms with Crippen LogP contribution in [0, 0.1) is 5.92 Å². The molecule has 178 valence electrons. The first-order valence-corrected chi connectivity index (χ1v) is 12.2. The Kier molecular flexibility index (Phi) is 6.02. The second-order valence-electron chi connectivity index (χ2n) is 9.72. The lowest BCUT2D eigenvalue weighted by Crippen LogP contribution is -2.60. The Labute approximate surface area is 198 Å². The molecule has 0 spiro atoms. The van der Waals surface area contributed by atoms with Crippen molar-refractivity contribution in [2.75, 3.05) is 6.61 Å². The van der Waals surface area contributed by atoms with E-state index in [1.54, 1.807) is 0 Å². The van der Waals surface area contributed by atoms with Crippen molar-refractivity contribution in [3.05, 3.63) is 59.7 Å². The molecule has 0 bridgehead atoms. The van der Waals surface area contributed by atoms with Crippen molar-refractivity contribution in [3.8, 4) is 11.1 Å². The van der Waals surface area contributed by atoms with E-state index >= 15 is 0 Å². The van der Waals surface area contributed by atoms with E-state index in [-0.39, 0.29) is 18.4 Å². The monoisotopic (exact) mass is 462 g/mol. The fourth-order valence-electron chi connectivity index (χ4n) is 5.46. The summed E-state index contributed by atoms with van der Waals surface area (Å²) in [6.45, 7) is 0.165. The zero-order valence-corrected chi connectivity index (χ0v) is 19.1. The van der Waals surface area contributed by atoms with E-state index in [0.29, 0.717) is 12.8 Å². The summed E-state index contributed by atoms with van der Waals surface area (Å²) in [7, 11) is 0. The SMILES string of the molecule is O=C(NC(C(=O)NC1(C(=O)O)CCCCC1)C1CC1)OCC1c2ccccc2-c2ccccc21. The number of rotatable bonds is 7. The smallest absolute Gasteiger partial charge is 0.407 e. The van der Waals surface area contributed by atoms with Gasteiger partial charge in [-0.05, 0) is 53.9 Å². The number of aliphatic carboxylic acids is 1. The van der Waals surface area contributed by atoms with Gasteiger partial charge in [-0.2, -0.15) is 0 Å². The summed E-state index contributed by atoms with van der Waals surface area (Å²) in [4.78, 5) is 37.8. The maximum Gasteiger partial charge on any atom is 0.407 e. The normalized spacial score (nSPS) is 19.4. The lowest BCUT2D eigenvalue weighted by Gasteiger charge is -2.35. The van der Waals surface area contributed by atoms with Crippen LogP contribution < -0.4 is 10.6 Å². The molecular formula is C27H30N2O5. The third-order valence-electron chi connectivity index (χ3n) is 7.47. The van der Waals surface area contributed by atoms with Crippen LogP contribution in [0.15, 0.2) is 48.5 Å².